The molecular formula is C15H13Cl2F3N3O6+. The first kappa shape index (κ1) is 21.3. The molecule has 0 bridgehead atoms. The number of hydrogen-bond acceptors (Lipinski definition) is 6. The third-order valence-electron chi connectivity index (χ3n) is 3.87. The van der Waals surface area contributed by atoms with E-state index in [2.05, 4.69) is 14.9 Å². The number of benzene rings is 1. The Morgan fingerprint density at radius 2 is 2.07 bits per heavy atom. The van der Waals surface area contributed by atoms with Crippen molar-refractivity contribution in [1.82, 2.24) is 5.01 Å². The maximum atomic E-state index is 13.4. The zero-order valence-corrected chi connectivity index (χ0v) is 15.8. The fourth-order valence-electron chi connectivity index (χ4n) is 2.51. The van der Waals surface area contributed by atoms with E-state index in [9.17, 15) is 23.2 Å². The molecule has 2 aliphatic heterocycles. The molecule has 0 aromatic heterocycles. The van der Waals surface area contributed by atoms with Gasteiger partial charge in [-0.25, -0.2) is 10.0 Å². The zero-order chi connectivity index (χ0) is 21.3. The molecule has 158 valence electrons. The van der Waals surface area contributed by atoms with E-state index in [1.165, 1.54) is 17.1 Å². The van der Waals surface area contributed by atoms with Crippen LogP contribution < -0.4 is 4.74 Å². The molecule has 2 heterocycles. The number of halogens is 5. The van der Waals surface area contributed by atoms with Crippen LogP contribution in [0.25, 0.3) is 6.08 Å². The van der Waals surface area contributed by atoms with E-state index < -0.39 is 36.7 Å². The van der Waals surface area contributed by atoms with Crippen molar-refractivity contribution in [3.05, 3.63) is 33.3 Å². The highest BCUT2D eigenvalue weighted by Gasteiger charge is 2.49. The van der Waals surface area contributed by atoms with Gasteiger partial charge < -0.3 is 14.6 Å². The third kappa shape index (κ3) is 4.77. The summed E-state index contributed by atoms with van der Waals surface area (Å²) in [5.74, 6) is -1.65. The fraction of sp³-hybridized carbons (Fsp3) is 0.400. The molecule has 0 saturated carbocycles. The van der Waals surface area contributed by atoms with Crippen molar-refractivity contribution < 1.29 is 47.6 Å². The molecular weight excluding hydrogens is 446 g/mol. The summed E-state index contributed by atoms with van der Waals surface area (Å²) in [4.78, 5) is 16.9. The second-order valence-corrected chi connectivity index (χ2v) is 6.84. The van der Waals surface area contributed by atoms with Crippen LogP contribution in [0.3, 0.4) is 0 Å². The molecule has 1 unspecified atom stereocenters. The van der Waals surface area contributed by atoms with Crippen LogP contribution in [-0.4, -0.2) is 64.5 Å². The molecule has 1 saturated heterocycles. The SMILES string of the molecule is O=C(OCO/N=[N+](\O)N1CC(O)C1)C1=Cc2cc(Cl)cc(Cl)c2OC1C(F)(F)F. The van der Waals surface area contributed by atoms with E-state index >= 15 is 0 Å². The molecule has 0 spiro atoms. The lowest BCUT2D eigenvalue weighted by atomic mass is 10.0. The third-order valence-corrected chi connectivity index (χ3v) is 4.37. The zero-order valence-electron chi connectivity index (χ0n) is 14.3. The van der Waals surface area contributed by atoms with Crippen molar-refractivity contribution in [3.8, 4) is 5.75 Å². The van der Waals surface area contributed by atoms with E-state index in [4.69, 9.17) is 33.0 Å². The van der Waals surface area contributed by atoms with Gasteiger partial charge in [0.25, 0.3) is 17.0 Å². The maximum Gasteiger partial charge on any atom is 0.430 e. The van der Waals surface area contributed by atoms with E-state index in [-0.39, 0.29) is 39.4 Å². The number of aliphatic hydroxyl groups is 1. The molecule has 29 heavy (non-hydrogen) atoms. The Hall–Kier alpha value is -2.44. The monoisotopic (exact) mass is 458 g/mol. The van der Waals surface area contributed by atoms with Crippen LogP contribution in [0.2, 0.25) is 10.0 Å². The van der Waals surface area contributed by atoms with Gasteiger partial charge in [0.1, 0.15) is 24.9 Å². The van der Waals surface area contributed by atoms with E-state index in [1.54, 1.807) is 0 Å². The number of fused-ring (bicyclic) bond motifs is 1. The molecule has 1 atom stereocenters. The molecule has 0 amide bonds. The lowest BCUT2D eigenvalue weighted by Crippen LogP contribution is -2.54. The molecule has 1 aromatic carbocycles. The number of rotatable bonds is 5. The number of alkyl halides is 3. The standard InChI is InChI=1S/C15H13Cl2F3N3O6/c16-8-1-7-2-10(13(15(18,19)20)29-12(7)11(17)3-8)14(25)27-6-28-21-23(26)22-4-9(24)5-22/h1-3,9,13,24H,4-6H2,(H,21,26)/q+1. The van der Waals surface area contributed by atoms with Crippen LogP contribution in [0.1, 0.15) is 5.56 Å². The van der Waals surface area contributed by atoms with Crippen LogP contribution in [0.4, 0.5) is 13.2 Å². The van der Waals surface area contributed by atoms with Crippen molar-refractivity contribution in [2.24, 2.45) is 5.28 Å². The van der Waals surface area contributed by atoms with Gasteiger partial charge in [0.2, 0.25) is 6.10 Å². The molecule has 2 aliphatic rings. The Kier molecular flexibility index (Phi) is 5.96. The van der Waals surface area contributed by atoms with Gasteiger partial charge in [-0.05, 0) is 18.2 Å². The lowest BCUT2D eigenvalue weighted by molar-refractivity contribution is -0.949. The van der Waals surface area contributed by atoms with Gasteiger partial charge in [-0.2, -0.15) is 13.2 Å². The molecule has 14 heteroatoms. The number of carbonyl (C=O) groups is 1. The lowest BCUT2D eigenvalue weighted by Gasteiger charge is -2.28. The topological polar surface area (TPSA) is 104 Å². The van der Waals surface area contributed by atoms with Gasteiger partial charge in [-0.1, -0.05) is 23.2 Å². The summed E-state index contributed by atoms with van der Waals surface area (Å²) >= 11 is 11.7. The minimum atomic E-state index is -4.93. The number of ether oxygens (including phenoxy) is 2. The van der Waals surface area contributed by atoms with E-state index in [0.29, 0.717) is 0 Å². The average Bonchev–Trinajstić information content (AvgIpc) is 2.60. The Bertz CT molecular complexity index is 874. The predicted octanol–water partition coefficient (Wildman–Crippen LogP) is 2.58. The van der Waals surface area contributed by atoms with Crippen molar-refractivity contribution in [3.63, 3.8) is 0 Å². The summed E-state index contributed by atoms with van der Waals surface area (Å²) in [6.07, 6.45) is -7.26. The van der Waals surface area contributed by atoms with Crippen molar-refractivity contribution >= 4 is 35.2 Å². The first-order valence-electron chi connectivity index (χ1n) is 7.92. The largest absolute Gasteiger partial charge is 0.474 e. The van der Waals surface area contributed by atoms with Crippen molar-refractivity contribution in [2.45, 2.75) is 18.4 Å². The number of esters is 1. The number of aliphatic hydroxyl groups excluding tert-OH is 1. The molecule has 1 fully saturated rings. The molecule has 0 aliphatic carbocycles. The Morgan fingerprint density at radius 1 is 1.38 bits per heavy atom. The Morgan fingerprint density at radius 3 is 2.69 bits per heavy atom. The summed E-state index contributed by atoms with van der Waals surface area (Å²) in [6.45, 7) is -0.687. The Labute approximate surface area is 171 Å². The van der Waals surface area contributed by atoms with Crippen LogP contribution in [0.5, 0.6) is 5.75 Å². The molecule has 9 nitrogen and oxygen atoms in total. The number of hydrazine groups is 1. The van der Waals surface area contributed by atoms with Crippen LogP contribution in [0, 0.1) is 0 Å². The minimum absolute atomic E-state index is 0.0680. The van der Waals surface area contributed by atoms with Gasteiger partial charge in [-0.15, -0.1) is 5.01 Å². The highest BCUT2D eigenvalue weighted by Crippen LogP contribution is 2.42. The number of hydrogen-bond donors (Lipinski definition) is 2. The first-order chi connectivity index (χ1) is 13.6. The number of nitrogens with zero attached hydrogens (tertiary/aromatic N) is 3. The smallest absolute Gasteiger partial charge is 0.430 e. The normalized spacial score (nSPS) is 19.7. The summed E-state index contributed by atoms with van der Waals surface area (Å²) in [6, 6.07) is 2.49. The van der Waals surface area contributed by atoms with Gasteiger partial charge in [0, 0.05) is 10.6 Å². The molecule has 3 rings (SSSR count). The van der Waals surface area contributed by atoms with Crippen LogP contribution in [-0.2, 0) is 14.4 Å². The predicted molar refractivity (Wildman–Crippen MR) is 89.0 cm³/mol. The summed E-state index contributed by atoms with van der Waals surface area (Å²) < 4.78 is 49.6. The van der Waals surface area contributed by atoms with Gasteiger partial charge in [0.15, 0.2) is 0 Å². The minimum Gasteiger partial charge on any atom is -0.474 e. The van der Waals surface area contributed by atoms with Gasteiger partial charge in [-0.3, -0.25) is 4.84 Å². The van der Waals surface area contributed by atoms with Crippen molar-refractivity contribution in [2.75, 3.05) is 19.9 Å². The number of carbonyl (C=O) groups excluding carboxylic acids is 1. The van der Waals surface area contributed by atoms with Gasteiger partial charge >= 0.3 is 12.1 Å². The van der Waals surface area contributed by atoms with Crippen LogP contribution >= 0.6 is 23.2 Å². The number of β-amino-alcohol motifs (C(OH)–C–C–N with tert-alkyl or cyclic N) is 1. The van der Waals surface area contributed by atoms with E-state index in [0.717, 1.165) is 6.08 Å². The highest BCUT2D eigenvalue weighted by atomic mass is 35.5. The van der Waals surface area contributed by atoms with E-state index in [1.807, 2.05) is 0 Å². The quantitative estimate of drug-likeness (QED) is 0.174. The maximum absolute atomic E-state index is 13.4. The van der Waals surface area contributed by atoms with Crippen LogP contribution in [0.15, 0.2) is 23.0 Å². The molecule has 2 N–H and O–H groups in total. The second-order valence-electron chi connectivity index (χ2n) is 6.00. The second kappa shape index (κ2) is 8.13. The summed E-state index contributed by atoms with van der Waals surface area (Å²) in [5.41, 5.74) is -0.780. The molecule has 1 aromatic rings. The highest BCUT2D eigenvalue weighted by molar-refractivity contribution is 6.36. The first-order valence-corrected chi connectivity index (χ1v) is 8.68. The van der Waals surface area contributed by atoms with Gasteiger partial charge in [0.05, 0.1) is 10.6 Å². The summed E-state index contributed by atoms with van der Waals surface area (Å²) in [7, 11) is 0. The summed E-state index contributed by atoms with van der Waals surface area (Å²) in [5, 5.41) is 22.8. The average molecular weight is 459 g/mol. The Balaban J connectivity index is 1.71. The van der Waals surface area contributed by atoms with Crippen molar-refractivity contribution in [1.29, 1.82) is 0 Å². The molecule has 0 radical (unpaired) electrons. The fourth-order valence-corrected chi connectivity index (χ4v) is 3.07.